The number of nitrogens with zero attached hydrogens (tertiary/aromatic N) is 4. The van der Waals surface area contributed by atoms with E-state index in [1.807, 2.05) is 22.9 Å². The van der Waals surface area contributed by atoms with Crippen LogP contribution in [0.2, 0.25) is 0 Å². The summed E-state index contributed by atoms with van der Waals surface area (Å²) in [5, 5.41) is 8.79. The summed E-state index contributed by atoms with van der Waals surface area (Å²) in [6.07, 6.45) is 7.30. The molecule has 0 unspecified atom stereocenters. The second kappa shape index (κ2) is 4.58. The molecule has 0 radical (unpaired) electrons. The summed E-state index contributed by atoms with van der Waals surface area (Å²) < 4.78 is 1.99. The lowest BCUT2D eigenvalue weighted by Crippen LogP contribution is -2.00. The third kappa shape index (κ3) is 1.94. The van der Waals surface area contributed by atoms with Crippen molar-refractivity contribution in [1.29, 1.82) is 5.26 Å². The van der Waals surface area contributed by atoms with E-state index in [0.29, 0.717) is 5.69 Å². The number of hydrogen-bond acceptors (Lipinski definition) is 3. The predicted molar refractivity (Wildman–Crippen MR) is 60.1 cm³/mol. The van der Waals surface area contributed by atoms with Gasteiger partial charge >= 0.3 is 0 Å². The summed E-state index contributed by atoms with van der Waals surface area (Å²) in [6.45, 7) is 2.12. The summed E-state index contributed by atoms with van der Waals surface area (Å²) in [5.74, 6) is 1.01. The Morgan fingerprint density at radius 3 is 3.00 bits per heavy atom. The van der Waals surface area contributed by atoms with Crippen LogP contribution in [0.25, 0.3) is 5.69 Å². The van der Waals surface area contributed by atoms with Gasteiger partial charge < -0.3 is 4.57 Å². The topological polar surface area (TPSA) is 54.5 Å². The molecule has 16 heavy (non-hydrogen) atoms. The highest BCUT2D eigenvalue weighted by atomic mass is 15.1. The fourth-order valence-electron chi connectivity index (χ4n) is 1.61. The summed E-state index contributed by atoms with van der Waals surface area (Å²) >= 11 is 0. The van der Waals surface area contributed by atoms with E-state index in [-0.39, 0.29) is 0 Å². The molecule has 0 amide bonds. The van der Waals surface area contributed by atoms with E-state index >= 15 is 0 Å². The van der Waals surface area contributed by atoms with Gasteiger partial charge in [0.25, 0.3) is 0 Å². The number of aromatic nitrogens is 3. The number of pyridine rings is 1. The molecule has 0 saturated heterocycles. The van der Waals surface area contributed by atoms with Gasteiger partial charge in [0, 0.05) is 25.0 Å². The lowest BCUT2D eigenvalue weighted by Gasteiger charge is -2.06. The highest BCUT2D eigenvalue weighted by Gasteiger charge is 2.04. The van der Waals surface area contributed by atoms with Crippen molar-refractivity contribution < 1.29 is 0 Å². The van der Waals surface area contributed by atoms with E-state index in [1.165, 1.54) is 0 Å². The monoisotopic (exact) mass is 212 g/mol. The van der Waals surface area contributed by atoms with Crippen LogP contribution in [0.3, 0.4) is 0 Å². The summed E-state index contributed by atoms with van der Waals surface area (Å²) in [7, 11) is 0. The van der Waals surface area contributed by atoms with Gasteiger partial charge in [0.05, 0.1) is 5.69 Å². The molecule has 0 aromatic carbocycles. The smallest absolute Gasteiger partial charge is 0.142 e. The first-order valence-electron chi connectivity index (χ1n) is 5.24. The van der Waals surface area contributed by atoms with Crippen LogP contribution in [0.4, 0.5) is 0 Å². The van der Waals surface area contributed by atoms with Gasteiger partial charge in [-0.2, -0.15) is 5.26 Å². The van der Waals surface area contributed by atoms with Gasteiger partial charge in [-0.25, -0.2) is 9.97 Å². The number of nitriles is 1. The average Bonchev–Trinajstić information content (AvgIpc) is 2.78. The molecule has 0 N–H and O–H groups in total. The van der Waals surface area contributed by atoms with Gasteiger partial charge in [0.1, 0.15) is 17.6 Å². The van der Waals surface area contributed by atoms with Crippen molar-refractivity contribution in [3.05, 3.63) is 42.2 Å². The fourth-order valence-corrected chi connectivity index (χ4v) is 1.61. The van der Waals surface area contributed by atoms with Crippen LogP contribution in [0.15, 0.2) is 30.7 Å². The second-order valence-electron chi connectivity index (χ2n) is 3.47. The summed E-state index contributed by atoms with van der Waals surface area (Å²) in [4.78, 5) is 8.25. The minimum atomic E-state index is 0.425. The zero-order chi connectivity index (χ0) is 11.4. The normalized spacial score (nSPS) is 10.0. The Balaban J connectivity index is 2.42. The molecule has 0 atom stereocenters. The van der Waals surface area contributed by atoms with E-state index in [2.05, 4.69) is 16.9 Å². The Labute approximate surface area is 94.2 Å². The maximum absolute atomic E-state index is 8.79. The molecule has 0 aliphatic heterocycles. The number of imidazole rings is 1. The van der Waals surface area contributed by atoms with Crippen molar-refractivity contribution in [2.24, 2.45) is 0 Å². The maximum atomic E-state index is 8.79. The number of rotatable bonds is 3. The molecule has 80 valence electrons. The molecule has 0 aliphatic carbocycles. The lowest BCUT2D eigenvalue weighted by molar-refractivity contribution is 0.808. The van der Waals surface area contributed by atoms with Crippen LogP contribution in [-0.4, -0.2) is 14.5 Å². The Kier molecular flexibility index (Phi) is 2.97. The zero-order valence-corrected chi connectivity index (χ0v) is 9.09. The first-order chi connectivity index (χ1) is 7.85. The Bertz CT molecular complexity index is 522. The van der Waals surface area contributed by atoms with Crippen LogP contribution >= 0.6 is 0 Å². The third-order valence-electron chi connectivity index (χ3n) is 2.33. The molecule has 4 heteroatoms. The fraction of sp³-hybridized carbons (Fsp3) is 0.250. The molecule has 4 nitrogen and oxygen atoms in total. The van der Waals surface area contributed by atoms with Crippen molar-refractivity contribution in [1.82, 2.24) is 14.5 Å². The highest BCUT2D eigenvalue weighted by molar-refractivity contribution is 5.37. The van der Waals surface area contributed by atoms with E-state index < -0.39 is 0 Å². The van der Waals surface area contributed by atoms with Crippen molar-refractivity contribution in [3.63, 3.8) is 0 Å². The van der Waals surface area contributed by atoms with Gasteiger partial charge in [0.2, 0.25) is 0 Å². The van der Waals surface area contributed by atoms with E-state index in [0.717, 1.165) is 24.4 Å². The van der Waals surface area contributed by atoms with Gasteiger partial charge in [-0.1, -0.05) is 6.92 Å². The first-order valence-corrected chi connectivity index (χ1v) is 5.24. The quantitative estimate of drug-likeness (QED) is 0.782. The van der Waals surface area contributed by atoms with Gasteiger partial charge in [0.15, 0.2) is 0 Å². The highest BCUT2D eigenvalue weighted by Crippen LogP contribution is 2.12. The average molecular weight is 212 g/mol. The Morgan fingerprint density at radius 2 is 2.25 bits per heavy atom. The van der Waals surface area contributed by atoms with E-state index in [1.54, 1.807) is 18.5 Å². The maximum Gasteiger partial charge on any atom is 0.142 e. The molecule has 0 aliphatic rings. The van der Waals surface area contributed by atoms with Crippen molar-refractivity contribution in [3.8, 4) is 11.8 Å². The van der Waals surface area contributed by atoms with Crippen molar-refractivity contribution >= 4 is 0 Å². The van der Waals surface area contributed by atoms with E-state index in [4.69, 9.17) is 5.26 Å². The van der Waals surface area contributed by atoms with Gasteiger partial charge in [-0.3, -0.25) is 0 Å². The molecule has 0 fully saturated rings. The van der Waals surface area contributed by atoms with Crippen LogP contribution in [0.1, 0.15) is 24.9 Å². The van der Waals surface area contributed by atoms with Gasteiger partial charge in [-0.05, 0) is 18.6 Å². The Hall–Kier alpha value is -2.15. The third-order valence-corrected chi connectivity index (χ3v) is 2.33. The number of aryl methyl sites for hydroxylation is 1. The van der Waals surface area contributed by atoms with Crippen LogP contribution < -0.4 is 0 Å². The van der Waals surface area contributed by atoms with Crippen molar-refractivity contribution in [2.75, 3.05) is 0 Å². The van der Waals surface area contributed by atoms with E-state index in [9.17, 15) is 0 Å². The van der Waals surface area contributed by atoms with Gasteiger partial charge in [-0.15, -0.1) is 0 Å². The molecular formula is C12H12N4. The molecule has 0 saturated carbocycles. The molecule has 2 heterocycles. The number of hydrogen-bond donors (Lipinski definition) is 0. The zero-order valence-electron chi connectivity index (χ0n) is 9.09. The molecule has 2 rings (SSSR count). The van der Waals surface area contributed by atoms with Crippen molar-refractivity contribution in [2.45, 2.75) is 19.8 Å². The standard InChI is InChI=1S/C12H12N4/c1-2-3-12-15-6-7-16(12)11-4-5-14-10(8-11)9-13/h4-8H,2-3H2,1H3. The minimum absolute atomic E-state index is 0.425. The summed E-state index contributed by atoms with van der Waals surface area (Å²) in [5.41, 5.74) is 1.36. The molecule has 2 aromatic heterocycles. The lowest BCUT2D eigenvalue weighted by atomic mass is 10.3. The molecule has 0 spiro atoms. The van der Waals surface area contributed by atoms with Crippen LogP contribution in [-0.2, 0) is 6.42 Å². The first kappa shape index (κ1) is 10.4. The molecule has 0 bridgehead atoms. The predicted octanol–water partition coefficient (Wildman–Crippen LogP) is 2.09. The van der Waals surface area contributed by atoms with Crippen LogP contribution in [0, 0.1) is 11.3 Å². The minimum Gasteiger partial charge on any atom is -0.304 e. The Morgan fingerprint density at radius 1 is 1.38 bits per heavy atom. The van der Waals surface area contributed by atoms with Crippen LogP contribution in [0.5, 0.6) is 0 Å². The summed E-state index contributed by atoms with van der Waals surface area (Å²) in [6, 6.07) is 5.68. The largest absolute Gasteiger partial charge is 0.304 e. The molecular weight excluding hydrogens is 200 g/mol. The molecule has 2 aromatic rings. The SMILES string of the molecule is CCCc1nccn1-c1ccnc(C#N)c1. The second-order valence-corrected chi connectivity index (χ2v) is 3.47.